The van der Waals surface area contributed by atoms with E-state index in [1.165, 1.54) is 97.1 Å². The highest BCUT2D eigenvalue weighted by Gasteiger charge is 2.29. The Morgan fingerprint density at radius 1 is 0.206 bits per heavy atom. The van der Waals surface area contributed by atoms with Crippen molar-refractivity contribution in [1.82, 2.24) is 0 Å². The van der Waals surface area contributed by atoms with E-state index in [0.717, 1.165) is 22.7 Å². The molecule has 30 heteroatoms. The van der Waals surface area contributed by atoms with Crippen molar-refractivity contribution >= 4 is 103 Å². The average Bonchev–Trinajstić information content (AvgIpc) is 0.806. The molecule has 0 heterocycles. The van der Waals surface area contributed by atoms with Crippen LogP contribution in [0.15, 0.2) is 218 Å². The van der Waals surface area contributed by atoms with Gasteiger partial charge in [0, 0.05) is 168 Å². The van der Waals surface area contributed by atoms with Crippen LogP contribution in [0.25, 0.3) is 0 Å². The fourth-order valence-electron chi connectivity index (χ4n) is 12.8. The first kappa shape index (κ1) is 97.0. The van der Waals surface area contributed by atoms with Crippen molar-refractivity contribution < 1.29 is 90.0 Å². The molecular formula is C96H108N12O18. The van der Waals surface area contributed by atoms with Gasteiger partial charge in [0.2, 0.25) is 34.7 Å². The number of rotatable bonds is 21. The number of carbonyl (C=O) groups excluding carboxylic acids is 6. The van der Waals surface area contributed by atoms with Crippen molar-refractivity contribution in [3.05, 3.63) is 285 Å². The molecule has 12 aromatic rings. The van der Waals surface area contributed by atoms with E-state index in [9.17, 15) is 90.0 Å². The Morgan fingerprint density at radius 3 is 0.825 bits per heavy atom. The first-order chi connectivity index (χ1) is 59.2. The van der Waals surface area contributed by atoms with Gasteiger partial charge in [-0.1, -0.05) is 72.8 Å². The molecule has 12 rings (SSSR count). The molecule has 0 amide bonds. The quantitative estimate of drug-likeness (QED) is 0.0137. The molecule has 0 spiro atoms. The van der Waals surface area contributed by atoms with Gasteiger partial charge in [0.1, 0.15) is 63.2 Å². The molecular weight excluding hydrogens is 1610 g/mol. The minimum absolute atomic E-state index is 0.00269. The highest BCUT2D eigenvalue weighted by molar-refractivity contribution is 6.18. The van der Waals surface area contributed by atoms with Gasteiger partial charge in [0.25, 0.3) is 0 Å². The number of para-hydroxylation sites is 6. The maximum absolute atomic E-state index is 12.7. The van der Waals surface area contributed by atoms with Crippen molar-refractivity contribution in [1.29, 1.82) is 0 Å². The lowest BCUT2D eigenvalue weighted by Gasteiger charge is -2.24. The summed E-state index contributed by atoms with van der Waals surface area (Å²) in [4.78, 5) is 91.2. The molecule has 30 nitrogen and oxygen atoms in total. The number of phenols is 12. The minimum atomic E-state index is -0.511. The topological polar surface area (TPSA) is 452 Å². The van der Waals surface area contributed by atoms with Crippen LogP contribution in [0.4, 0.5) is 68.2 Å². The van der Waals surface area contributed by atoms with E-state index in [0.29, 0.717) is 34.1 Å². The summed E-state index contributed by atoms with van der Waals surface area (Å²) < 4.78 is 0. The maximum atomic E-state index is 12.7. The number of benzene rings is 12. The van der Waals surface area contributed by atoms with Crippen LogP contribution >= 0.6 is 0 Å². The van der Waals surface area contributed by atoms with E-state index in [1.807, 2.05) is 82.0 Å². The fraction of sp³-hybridized carbons (Fsp3) is 0.188. The zero-order chi connectivity index (χ0) is 93.9. The Bertz CT molecular complexity index is 5840. The van der Waals surface area contributed by atoms with Gasteiger partial charge in [-0.25, -0.2) is 0 Å². The van der Waals surface area contributed by atoms with Crippen molar-refractivity contribution in [3.63, 3.8) is 0 Å². The van der Waals surface area contributed by atoms with Gasteiger partial charge in [-0.2, -0.15) is 0 Å². The molecule has 0 saturated carbocycles. The second-order valence-corrected chi connectivity index (χ2v) is 30.4. The van der Waals surface area contributed by atoms with Crippen molar-refractivity contribution in [2.45, 2.75) is 0 Å². The Kier molecular flexibility index (Phi) is 32.6. The highest BCUT2D eigenvalue weighted by Crippen LogP contribution is 2.43. The molecule has 0 aliphatic heterocycles. The molecule has 0 saturated heterocycles. The second kappa shape index (κ2) is 42.4. The molecule has 0 bridgehead atoms. The molecule has 0 radical (unpaired) electrons. The Balaban J connectivity index is 0.000000208. The van der Waals surface area contributed by atoms with Gasteiger partial charge in [0.05, 0.1) is 112 Å². The normalized spacial score (nSPS) is 10.3. The lowest BCUT2D eigenvalue weighted by molar-refractivity contribution is 0.102. The summed E-state index contributed by atoms with van der Waals surface area (Å²) in [6.07, 6.45) is 0. The lowest BCUT2D eigenvalue weighted by Crippen LogP contribution is -2.18. The van der Waals surface area contributed by atoms with Crippen LogP contribution in [-0.2, 0) is 0 Å². The van der Waals surface area contributed by atoms with Gasteiger partial charge in [-0.15, -0.1) is 0 Å². The number of ketones is 6. The number of nitrogens with two attached hydrogens (primary N) is 3. The number of nitrogens with zero attached hydrogens (tertiary/aromatic N) is 9. The van der Waals surface area contributed by atoms with E-state index in [2.05, 4.69) is 0 Å². The first-order valence-electron chi connectivity index (χ1n) is 38.7. The Morgan fingerprint density at radius 2 is 0.492 bits per heavy atom. The molecule has 0 aliphatic rings. The Hall–Kier alpha value is -16.1. The number of carbonyl (C=O) groups is 6. The van der Waals surface area contributed by atoms with E-state index in [4.69, 9.17) is 17.2 Å². The molecule has 18 N–H and O–H groups in total. The predicted octanol–water partition coefficient (Wildman–Crippen LogP) is 13.3. The van der Waals surface area contributed by atoms with Gasteiger partial charge in [0.15, 0.2) is 11.5 Å². The molecule has 12 aromatic carbocycles. The summed E-state index contributed by atoms with van der Waals surface area (Å²) in [7, 11) is 32.9. The number of hydrogen-bond donors (Lipinski definition) is 15. The highest BCUT2D eigenvalue weighted by atomic mass is 16.3. The van der Waals surface area contributed by atoms with Crippen LogP contribution in [0.1, 0.15) is 95.5 Å². The number of hydrogen-bond acceptors (Lipinski definition) is 30. The third-order valence-electron chi connectivity index (χ3n) is 19.5. The second-order valence-electron chi connectivity index (χ2n) is 30.4. The van der Waals surface area contributed by atoms with E-state index in [-0.39, 0.29) is 147 Å². The predicted molar refractivity (Wildman–Crippen MR) is 500 cm³/mol. The number of anilines is 12. The van der Waals surface area contributed by atoms with Crippen molar-refractivity contribution in [2.24, 2.45) is 0 Å². The SMILES string of the molecule is CN(C)c1cc(N)c(C(=O)c2ccccc2O)c(O)c1.CN(C)c1cc(O)c(C(=O)c2ccccc2O)c(N(C)C)c1.CN(C)c1cc(O)c(C(=O)c2ccccc2O)cc1N.CN(C)c1cc(O)c(C(=O)c2ccccc2O)cc1N(C)C.CN(C)c1ccc(C(=O)c2ccccc2O)c(O)c1N.CN(C)c1ccc(C(=O)c2ccccc2O)c(O)c1N(C)C. The monoisotopic (exact) mass is 1720 g/mol. The summed E-state index contributed by atoms with van der Waals surface area (Å²) >= 11 is 0. The molecule has 0 aromatic heterocycles. The molecule has 660 valence electrons. The summed E-state index contributed by atoms with van der Waals surface area (Å²) in [6.45, 7) is 0. The van der Waals surface area contributed by atoms with Crippen LogP contribution in [0.2, 0.25) is 0 Å². The maximum Gasteiger partial charge on any atom is 0.202 e. The van der Waals surface area contributed by atoms with Gasteiger partial charge in [-0.05, 0) is 121 Å². The molecule has 0 fully saturated rings. The smallest absolute Gasteiger partial charge is 0.202 e. The van der Waals surface area contributed by atoms with Crippen LogP contribution in [-0.4, -0.2) is 223 Å². The van der Waals surface area contributed by atoms with Gasteiger partial charge < -0.3 is 123 Å². The third kappa shape index (κ3) is 22.9. The largest absolute Gasteiger partial charge is 0.507 e. The summed E-state index contributed by atoms with van der Waals surface area (Å²) in [5.41, 5.74) is 26.0. The molecule has 126 heavy (non-hydrogen) atoms. The summed E-state index contributed by atoms with van der Waals surface area (Å²) in [6, 6.07) is 56.4. The van der Waals surface area contributed by atoms with Crippen LogP contribution in [0, 0.1) is 0 Å². The molecule has 0 aliphatic carbocycles. The summed E-state index contributed by atoms with van der Waals surface area (Å²) in [5, 5.41) is 120. The first-order valence-corrected chi connectivity index (χ1v) is 38.7. The zero-order valence-corrected chi connectivity index (χ0v) is 73.4. The number of nitrogen functional groups attached to an aromatic ring is 3. The number of aromatic hydroxyl groups is 12. The lowest BCUT2D eigenvalue weighted by atomic mass is 9.98. The minimum Gasteiger partial charge on any atom is -0.507 e. The summed E-state index contributed by atoms with van der Waals surface area (Å²) in [5.74, 6) is -4.38. The average molecular weight is 1720 g/mol. The zero-order valence-electron chi connectivity index (χ0n) is 73.4. The third-order valence-corrected chi connectivity index (χ3v) is 19.5. The van der Waals surface area contributed by atoms with Crippen molar-refractivity contribution in [3.8, 4) is 69.0 Å². The Labute approximate surface area is 731 Å². The number of phenolic OH excluding ortho intramolecular Hbond substituents is 12. The van der Waals surface area contributed by atoms with Crippen molar-refractivity contribution in [2.75, 3.05) is 188 Å². The van der Waals surface area contributed by atoms with E-state index >= 15 is 0 Å². The van der Waals surface area contributed by atoms with Crippen LogP contribution in [0.5, 0.6) is 69.0 Å². The standard InChI is InChI=1S/3C17H20N2O3.3C15H16N2O3/c1-18(2)11-9-13(19(3)4)16(15(21)10-11)17(22)12-7-5-6-8-14(12)20;1-18(2)13-9-12(16(21)10-14(13)19(3)4)17(22)11-7-5-6-8-15(11)20;1-18(2)13-10-9-12(17(22)15(13)19(3)4)16(21)11-7-5-6-8-14(11)20;1-17(2)9-7-11(16)14(13(19)8-9)15(20)10-5-3-4-6-12(10)18;1-17(2)12-8-14(19)10(7-11(12)16)15(20)9-5-3-4-6-13(9)18;1-17(2)11-8-7-10(15(20)13(11)16)14(19)9-5-3-4-6-12(9)18/h2*5-10,20-21H,1-4H3;5-10,20,22H,1-4H3;2*3-8,18-19H,16H2,1-2H3;3-8,18,20H,16H2,1-2H3. The van der Waals surface area contributed by atoms with Crippen LogP contribution in [0.3, 0.4) is 0 Å². The van der Waals surface area contributed by atoms with E-state index < -0.39 is 34.7 Å². The van der Waals surface area contributed by atoms with Crippen LogP contribution < -0.4 is 61.3 Å². The molecule has 0 unspecified atom stereocenters. The van der Waals surface area contributed by atoms with Gasteiger partial charge in [-0.3, -0.25) is 28.8 Å². The molecule has 0 atom stereocenters. The van der Waals surface area contributed by atoms with Gasteiger partial charge >= 0.3 is 0 Å². The fourth-order valence-corrected chi connectivity index (χ4v) is 12.8. The van der Waals surface area contributed by atoms with E-state index in [1.54, 1.807) is 210 Å².